The summed E-state index contributed by atoms with van der Waals surface area (Å²) in [6, 6.07) is 12.7. The van der Waals surface area contributed by atoms with Gasteiger partial charge in [-0.3, -0.25) is 0 Å². The number of ether oxygens (including phenoxy) is 2. The molecule has 0 saturated heterocycles. The highest BCUT2D eigenvalue weighted by Crippen LogP contribution is 2.41. The van der Waals surface area contributed by atoms with E-state index in [2.05, 4.69) is 9.97 Å². The van der Waals surface area contributed by atoms with E-state index in [-0.39, 0.29) is 18.6 Å². The lowest BCUT2D eigenvalue weighted by Crippen LogP contribution is -2.36. The molecule has 0 aliphatic heterocycles. The number of rotatable bonds is 10. The minimum Gasteiger partial charge on any atom is -0.493 e. The fourth-order valence-corrected chi connectivity index (χ4v) is 4.38. The zero-order valence-corrected chi connectivity index (χ0v) is 22.3. The van der Waals surface area contributed by atoms with Crippen molar-refractivity contribution >= 4 is 40.3 Å². The van der Waals surface area contributed by atoms with Gasteiger partial charge in [0.05, 0.1) is 18.2 Å². The Balaban J connectivity index is 1.51. The highest BCUT2D eigenvalue weighted by atomic mass is 35.5. The summed E-state index contributed by atoms with van der Waals surface area (Å²) in [6.07, 6.45) is 3.28. The van der Waals surface area contributed by atoms with Crippen molar-refractivity contribution in [3.63, 3.8) is 0 Å². The number of fused-ring (bicyclic) bond motifs is 1. The van der Waals surface area contributed by atoms with Gasteiger partial charge in [-0.25, -0.2) is 14.8 Å². The SMILES string of the molecule is CC1(Oc2ncnc3c2nc(-c2ccc(OCC[C@@](C)(O)C(=O)O)cc2Cl)n3Cc2cccc(Cl)c2)CC1. The lowest BCUT2D eigenvalue weighted by atomic mass is 10.0. The third kappa shape index (κ3) is 5.55. The van der Waals surface area contributed by atoms with E-state index in [0.29, 0.717) is 50.8 Å². The van der Waals surface area contributed by atoms with E-state index in [4.69, 9.17) is 42.8 Å². The van der Waals surface area contributed by atoms with Crippen molar-refractivity contribution in [2.24, 2.45) is 0 Å². The average molecular weight is 557 g/mol. The number of carboxylic acid groups (broad SMARTS) is 1. The molecule has 0 spiro atoms. The Labute approximate surface area is 229 Å². The summed E-state index contributed by atoms with van der Waals surface area (Å²) in [5.74, 6) is 0.109. The number of aliphatic hydroxyl groups is 1. The van der Waals surface area contributed by atoms with Gasteiger partial charge in [0.1, 0.15) is 23.5 Å². The number of halogens is 2. The van der Waals surface area contributed by atoms with Crippen LogP contribution in [-0.2, 0) is 11.3 Å². The maximum atomic E-state index is 11.1. The van der Waals surface area contributed by atoms with Crippen LogP contribution in [0.5, 0.6) is 11.6 Å². The van der Waals surface area contributed by atoms with Gasteiger partial charge >= 0.3 is 5.97 Å². The summed E-state index contributed by atoms with van der Waals surface area (Å²) < 4.78 is 13.8. The molecule has 1 saturated carbocycles. The van der Waals surface area contributed by atoms with Crippen LogP contribution in [0, 0.1) is 0 Å². The summed E-state index contributed by atoms with van der Waals surface area (Å²) in [6.45, 7) is 3.69. The van der Waals surface area contributed by atoms with E-state index in [1.165, 1.54) is 13.3 Å². The molecule has 0 unspecified atom stereocenters. The van der Waals surface area contributed by atoms with E-state index in [1.807, 2.05) is 35.8 Å². The molecule has 2 heterocycles. The molecule has 38 heavy (non-hydrogen) atoms. The van der Waals surface area contributed by atoms with Gasteiger partial charge in [-0.05, 0) is 62.6 Å². The molecule has 2 aromatic carbocycles. The van der Waals surface area contributed by atoms with Crippen LogP contribution in [0.2, 0.25) is 10.0 Å². The van der Waals surface area contributed by atoms with Gasteiger partial charge in [-0.1, -0.05) is 35.3 Å². The lowest BCUT2D eigenvalue weighted by Gasteiger charge is -2.18. The Morgan fingerprint density at radius 1 is 1.18 bits per heavy atom. The Morgan fingerprint density at radius 2 is 1.97 bits per heavy atom. The molecule has 1 atom stereocenters. The van der Waals surface area contributed by atoms with E-state index >= 15 is 0 Å². The van der Waals surface area contributed by atoms with Crippen molar-refractivity contribution < 1.29 is 24.5 Å². The summed E-state index contributed by atoms with van der Waals surface area (Å²) in [7, 11) is 0. The van der Waals surface area contributed by atoms with Crippen LogP contribution in [0.1, 0.15) is 38.7 Å². The van der Waals surface area contributed by atoms with Crippen molar-refractivity contribution in [1.29, 1.82) is 0 Å². The third-order valence-corrected chi connectivity index (χ3v) is 7.07. The summed E-state index contributed by atoms with van der Waals surface area (Å²) in [5, 5.41) is 20.0. The second-order valence-electron chi connectivity index (χ2n) is 9.87. The number of hydrogen-bond donors (Lipinski definition) is 2. The molecule has 2 aromatic heterocycles. The largest absolute Gasteiger partial charge is 0.493 e. The monoisotopic (exact) mass is 556 g/mol. The molecule has 4 aromatic rings. The second-order valence-corrected chi connectivity index (χ2v) is 10.7. The standard InChI is InChI=1S/C27H26Cl2N4O5/c1-26(8-9-26)38-24-21-23(30-15-31-24)33(14-16-4-3-5-17(28)12-16)22(32-21)19-7-6-18(13-20(19)29)37-11-10-27(2,36)25(34)35/h3-7,12-13,15,36H,8-11,14H2,1-2H3,(H,34,35)/t27-/m1/s1. The van der Waals surface area contributed by atoms with Crippen LogP contribution < -0.4 is 9.47 Å². The maximum Gasteiger partial charge on any atom is 0.335 e. The fraction of sp³-hybridized carbons (Fsp3) is 0.333. The topological polar surface area (TPSA) is 120 Å². The molecule has 1 aliphatic carbocycles. The number of nitrogens with zero attached hydrogens (tertiary/aromatic N) is 4. The van der Waals surface area contributed by atoms with Crippen molar-refractivity contribution in [2.75, 3.05) is 6.61 Å². The Morgan fingerprint density at radius 3 is 2.66 bits per heavy atom. The van der Waals surface area contributed by atoms with Crippen molar-refractivity contribution in [3.05, 3.63) is 64.4 Å². The summed E-state index contributed by atoms with van der Waals surface area (Å²) in [4.78, 5) is 24.9. The van der Waals surface area contributed by atoms with Crippen LogP contribution >= 0.6 is 23.2 Å². The zero-order chi connectivity index (χ0) is 27.1. The number of hydrogen-bond acceptors (Lipinski definition) is 7. The van der Waals surface area contributed by atoms with Gasteiger partial charge in [-0.2, -0.15) is 4.98 Å². The summed E-state index contributed by atoms with van der Waals surface area (Å²) in [5.41, 5.74) is 0.592. The van der Waals surface area contributed by atoms with Crippen LogP contribution in [0.25, 0.3) is 22.6 Å². The fourth-order valence-electron chi connectivity index (χ4n) is 3.92. The predicted octanol–water partition coefficient (Wildman–Crippen LogP) is 5.38. The molecule has 9 nitrogen and oxygen atoms in total. The quantitative estimate of drug-likeness (QED) is 0.267. The molecule has 0 radical (unpaired) electrons. The molecular weight excluding hydrogens is 531 g/mol. The first-order chi connectivity index (χ1) is 18.0. The molecule has 0 amide bonds. The van der Waals surface area contributed by atoms with E-state index in [9.17, 15) is 9.90 Å². The lowest BCUT2D eigenvalue weighted by molar-refractivity contribution is -0.157. The van der Waals surface area contributed by atoms with Gasteiger partial charge in [0.2, 0.25) is 5.88 Å². The van der Waals surface area contributed by atoms with Gasteiger partial charge < -0.3 is 24.3 Å². The Kier molecular flexibility index (Phi) is 6.94. The minimum atomic E-state index is -1.88. The summed E-state index contributed by atoms with van der Waals surface area (Å²) >= 11 is 12.9. The molecule has 198 valence electrons. The zero-order valence-electron chi connectivity index (χ0n) is 20.8. The molecular formula is C27H26Cl2N4O5. The van der Waals surface area contributed by atoms with Gasteiger partial charge in [0, 0.05) is 17.0 Å². The van der Waals surface area contributed by atoms with Crippen molar-refractivity contribution in [1.82, 2.24) is 19.5 Å². The molecule has 11 heteroatoms. The highest BCUT2D eigenvalue weighted by Gasteiger charge is 2.41. The molecule has 1 aliphatic rings. The van der Waals surface area contributed by atoms with Crippen LogP contribution in [0.15, 0.2) is 48.8 Å². The molecule has 5 rings (SSSR count). The van der Waals surface area contributed by atoms with E-state index in [1.54, 1.807) is 18.2 Å². The van der Waals surface area contributed by atoms with Gasteiger partial charge in [0.25, 0.3) is 0 Å². The Bertz CT molecular complexity index is 1520. The predicted molar refractivity (Wildman–Crippen MR) is 143 cm³/mol. The Hall–Kier alpha value is -3.40. The number of benzene rings is 2. The molecule has 0 bridgehead atoms. The van der Waals surface area contributed by atoms with E-state index < -0.39 is 11.6 Å². The number of carboxylic acids is 1. The molecule has 2 N–H and O–H groups in total. The normalized spacial score (nSPS) is 15.7. The number of aromatic nitrogens is 4. The second kappa shape index (κ2) is 10.1. The minimum absolute atomic E-state index is 0.00267. The highest BCUT2D eigenvalue weighted by molar-refractivity contribution is 6.33. The number of carbonyl (C=O) groups is 1. The van der Waals surface area contributed by atoms with Crippen LogP contribution in [0.4, 0.5) is 0 Å². The first-order valence-corrected chi connectivity index (χ1v) is 12.8. The average Bonchev–Trinajstić information content (AvgIpc) is 3.47. The number of imidazole rings is 1. The smallest absolute Gasteiger partial charge is 0.335 e. The third-order valence-electron chi connectivity index (χ3n) is 6.53. The van der Waals surface area contributed by atoms with Gasteiger partial charge in [0.15, 0.2) is 16.8 Å². The van der Waals surface area contributed by atoms with E-state index in [0.717, 1.165) is 18.4 Å². The number of aliphatic carboxylic acids is 1. The first-order valence-electron chi connectivity index (χ1n) is 12.1. The van der Waals surface area contributed by atoms with Crippen LogP contribution in [0.3, 0.4) is 0 Å². The van der Waals surface area contributed by atoms with Gasteiger partial charge in [-0.15, -0.1) is 0 Å². The van der Waals surface area contributed by atoms with Crippen molar-refractivity contribution in [2.45, 2.75) is 50.9 Å². The first kappa shape index (κ1) is 26.2. The molecule has 1 fully saturated rings. The van der Waals surface area contributed by atoms with Crippen LogP contribution in [-0.4, -0.2) is 53.5 Å². The maximum absolute atomic E-state index is 11.1. The van der Waals surface area contributed by atoms with Crippen molar-refractivity contribution in [3.8, 4) is 23.0 Å².